The summed E-state index contributed by atoms with van der Waals surface area (Å²) >= 11 is 12.2. The maximum Gasteiger partial charge on any atom is 0.328 e. The lowest BCUT2D eigenvalue weighted by atomic mass is 9.86. The maximum atomic E-state index is 13.9. The molecule has 35 heavy (non-hydrogen) atoms. The minimum absolute atomic E-state index is 0.119. The molecule has 4 rings (SSSR count). The van der Waals surface area contributed by atoms with E-state index in [4.69, 9.17) is 23.2 Å². The van der Waals surface area contributed by atoms with E-state index in [-0.39, 0.29) is 20.6 Å². The Balaban J connectivity index is 1.94. The van der Waals surface area contributed by atoms with Gasteiger partial charge in [0.2, 0.25) is 5.95 Å². The van der Waals surface area contributed by atoms with Crippen LogP contribution in [-0.2, 0) is 14.8 Å². The molecule has 182 valence electrons. The van der Waals surface area contributed by atoms with Gasteiger partial charge in [0.05, 0.1) is 16.1 Å². The molecule has 0 aliphatic carbocycles. The molecule has 0 fully saturated rings. The third kappa shape index (κ3) is 4.84. The Morgan fingerprint density at radius 1 is 1.03 bits per heavy atom. The molecule has 0 spiro atoms. The number of carboxylic acids is 1. The van der Waals surface area contributed by atoms with E-state index < -0.39 is 27.4 Å². The van der Waals surface area contributed by atoms with Crippen LogP contribution in [0.5, 0.6) is 0 Å². The number of sulfonamides is 1. The van der Waals surface area contributed by atoms with E-state index in [1.165, 1.54) is 18.2 Å². The molecular formula is C24H22Cl2N4O4S. The highest BCUT2D eigenvalue weighted by Gasteiger charge is 2.43. The number of benzene rings is 2. The summed E-state index contributed by atoms with van der Waals surface area (Å²) in [6, 6.07) is 10.9. The maximum absolute atomic E-state index is 13.9. The zero-order valence-corrected chi connectivity index (χ0v) is 21.4. The van der Waals surface area contributed by atoms with E-state index in [0.29, 0.717) is 11.3 Å². The van der Waals surface area contributed by atoms with Gasteiger partial charge in [-0.3, -0.25) is 8.87 Å². The first-order valence-corrected chi connectivity index (χ1v) is 12.7. The number of halogens is 2. The van der Waals surface area contributed by atoms with Crippen LogP contribution in [0.3, 0.4) is 0 Å². The van der Waals surface area contributed by atoms with E-state index in [2.05, 4.69) is 9.97 Å². The molecule has 2 heterocycles. The molecule has 0 aliphatic rings. The van der Waals surface area contributed by atoms with Crippen LogP contribution in [0.15, 0.2) is 72.0 Å². The largest absolute Gasteiger partial charge is 0.480 e. The van der Waals surface area contributed by atoms with Crippen LogP contribution in [0, 0.1) is 5.41 Å². The van der Waals surface area contributed by atoms with Crippen LogP contribution in [-0.4, -0.2) is 40.1 Å². The monoisotopic (exact) mass is 532 g/mol. The van der Waals surface area contributed by atoms with Gasteiger partial charge in [-0.15, -0.1) is 0 Å². The number of carboxylic acid groups (broad SMARTS) is 1. The Kier molecular flexibility index (Phi) is 6.52. The van der Waals surface area contributed by atoms with Gasteiger partial charge in [0.15, 0.2) is 0 Å². The molecule has 1 unspecified atom stereocenters. The van der Waals surface area contributed by atoms with Gasteiger partial charge in [-0.05, 0) is 53.9 Å². The van der Waals surface area contributed by atoms with Crippen molar-refractivity contribution in [2.75, 3.05) is 4.31 Å². The van der Waals surface area contributed by atoms with Crippen molar-refractivity contribution >= 4 is 55.8 Å². The third-order valence-electron chi connectivity index (χ3n) is 5.38. The van der Waals surface area contributed by atoms with Crippen LogP contribution in [0.25, 0.3) is 16.9 Å². The number of hydrogen-bond donors (Lipinski definition) is 1. The highest BCUT2D eigenvalue weighted by Crippen LogP contribution is 2.37. The minimum atomic E-state index is -4.39. The van der Waals surface area contributed by atoms with E-state index >= 15 is 0 Å². The molecule has 11 heteroatoms. The Morgan fingerprint density at radius 3 is 2.23 bits per heavy atom. The normalized spacial score (nSPS) is 13.1. The molecule has 2 aromatic carbocycles. The number of rotatable bonds is 6. The average molecular weight is 533 g/mol. The van der Waals surface area contributed by atoms with Crippen molar-refractivity contribution in [3.8, 4) is 5.95 Å². The zero-order chi connectivity index (χ0) is 25.5. The summed E-state index contributed by atoms with van der Waals surface area (Å²) < 4.78 is 30.5. The SMILES string of the molecule is CC(C)(C)C(C(=O)O)N(c1ccc2c(ccn2-c2ncccn2)c1)S(=O)(=O)c1cc(Cl)cc(Cl)c1. The molecule has 0 radical (unpaired) electrons. The smallest absolute Gasteiger partial charge is 0.328 e. The van der Waals surface area contributed by atoms with Crippen LogP contribution in [0.1, 0.15) is 20.8 Å². The van der Waals surface area contributed by atoms with E-state index in [1.807, 2.05) is 0 Å². The third-order valence-corrected chi connectivity index (χ3v) is 7.58. The Hall–Kier alpha value is -3.14. The van der Waals surface area contributed by atoms with Crippen molar-refractivity contribution in [2.45, 2.75) is 31.7 Å². The van der Waals surface area contributed by atoms with Crippen molar-refractivity contribution < 1.29 is 18.3 Å². The fourth-order valence-electron chi connectivity index (χ4n) is 3.90. The van der Waals surface area contributed by atoms with Crippen molar-refractivity contribution in [2.24, 2.45) is 5.41 Å². The van der Waals surface area contributed by atoms with Crippen molar-refractivity contribution in [1.82, 2.24) is 14.5 Å². The van der Waals surface area contributed by atoms with E-state index in [9.17, 15) is 18.3 Å². The fourth-order valence-corrected chi connectivity index (χ4v) is 6.41. The first-order chi connectivity index (χ1) is 16.4. The Bertz CT molecular complexity index is 1500. The van der Waals surface area contributed by atoms with Crippen LogP contribution in [0.2, 0.25) is 10.0 Å². The average Bonchev–Trinajstić information content (AvgIpc) is 3.19. The summed E-state index contributed by atoms with van der Waals surface area (Å²) in [6.45, 7) is 5.00. The highest BCUT2D eigenvalue weighted by atomic mass is 35.5. The Labute approximate surface area is 212 Å². The molecule has 4 aromatic rings. The second kappa shape index (κ2) is 9.14. The van der Waals surface area contributed by atoms with E-state index in [0.717, 1.165) is 9.82 Å². The molecule has 1 atom stereocenters. The summed E-state index contributed by atoms with van der Waals surface area (Å²) in [4.78, 5) is 20.7. The summed E-state index contributed by atoms with van der Waals surface area (Å²) in [5.74, 6) is -0.837. The van der Waals surface area contributed by atoms with Crippen LogP contribution >= 0.6 is 23.2 Å². The number of anilines is 1. The van der Waals surface area contributed by atoms with Crippen molar-refractivity contribution in [3.63, 3.8) is 0 Å². The molecule has 0 saturated heterocycles. The lowest BCUT2D eigenvalue weighted by Crippen LogP contribution is -2.52. The highest BCUT2D eigenvalue weighted by molar-refractivity contribution is 7.93. The number of hydrogen-bond acceptors (Lipinski definition) is 5. The molecular weight excluding hydrogens is 511 g/mol. The van der Waals surface area contributed by atoms with Gasteiger partial charge < -0.3 is 5.11 Å². The van der Waals surface area contributed by atoms with Gasteiger partial charge in [0.25, 0.3) is 10.0 Å². The number of aliphatic carboxylic acids is 1. The van der Waals surface area contributed by atoms with Gasteiger partial charge in [-0.1, -0.05) is 44.0 Å². The van der Waals surface area contributed by atoms with Crippen LogP contribution < -0.4 is 4.31 Å². The topological polar surface area (TPSA) is 105 Å². The molecule has 0 amide bonds. The molecule has 8 nitrogen and oxygen atoms in total. The van der Waals surface area contributed by atoms with Gasteiger partial charge in [-0.25, -0.2) is 23.2 Å². The second-order valence-electron chi connectivity index (χ2n) is 8.99. The first kappa shape index (κ1) is 25.0. The van der Waals surface area contributed by atoms with Crippen molar-refractivity contribution in [1.29, 1.82) is 0 Å². The molecule has 1 N–H and O–H groups in total. The predicted molar refractivity (Wildman–Crippen MR) is 136 cm³/mol. The number of fused-ring (bicyclic) bond motifs is 1. The standard InChI is InChI=1S/C24H22Cl2N4O4S/c1-24(2,3)21(22(31)32)30(35(33,34)19-13-16(25)12-17(26)14-19)18-5-6-20-15(11-18)7-10-29(20)23-27-8-4-9-28-23/h4-14,21H,1-3H3,(H,31,32). The van der Waals surface area contributed by atoms with Crippen molar-refractivity contribution in [3.05, 3.63) is 77.2 Å². The zero-order valence-electron chi connectivity index (χ0n) is 19.1. The Morgan fingerprint density at radius 2 is 1.66 bits per heavy atom. The summed E-state index contributed by atoms with van der Waals surface area (Å²) in [5.41, 5.74) is -0.0478. The fraction of sp³-hybridized carbons (Fsp3) is 0.208. The molecule has 2 aromatic heterocycles. The second-order valence-corrected chi connectivity index (χ2v) is 11.7. The molecule has 0 bridgehead atoms. The molecule has 0 aliphatic heterocycles. The predicted octanol–water partition coefficient (Wildman–Crippen LogP) is 5.42. The van der Waals surface area contributed by atoms with Gasteiger partial charge in [-0.2, -0.15) is 0 Å². The van der Waals surface area contributed by atoms with Gasteiger partial charge in [0.1, 0.15) is 6.04 Å². The van der Waals surface area contributed by atoms with E-state index in [1.54, 1.807) is 74.3 Å². The lowest BCUT2D eigenvalue weighted by molar-refractivity contribution is -0.140. The van der Waals surface area contributed by atoms with Crippen LogP contribution in [0.4, 0.5) is 5.69 Å². The first-order valence-electron chi connectivity index (χ1n) is 10.5. The summed E-state index contributed by atoms with van der Waals surface area (Å²) in [5, 5.41) is 11.1. The lowest BCUT2D eigenvalue weighted by Gasteiger charge is -2.37. The number of nitrogens with zero attached hydrogens (tertiary/aromatic N) is 4. The van der Waals surface area contributed by atoms with Gasteiger partial charge >= 0.3 is 5.97 Å². The summed E-state index contributed by atoms with van der Waals surface area (Å²) in [7, 11) is -4.39. The summed E-state index contributed by atoms with van der Waals surface area (Å²) in [6.07, 6.45) is 5.00. The van der Waals surface area contributed by atoms with Gasteiger partial charge in [0, 0.05) is 34.0 Å². The number of aromatic nitrogens is 3. The molecule has 0 saturated carbocycles. The quantitative estimate of drug-likeness (QED) is 0.355. The minimum Gasteiger partial charge on any atom is -0.480 e. The number of carbonyl (C=O) groups is 1.